The number of hydrogen-bond donors (Lipinski definition) is 2. The fourth-order valence-corrected chi connectivity index (χ4v) is 4.38. The summed E-state index contributed by atoms with van der Waals surface area (Å²) in [6, 6.07) is 10.6. The highest BCUT2D eigenvalue weighted by molar-refractivity contribution is 6.34. The zero-order valence-electron chi connectivity index (χ0n) is 23.7. The third-order valence-electron chi connectivity index (χ3n) is 5.80. The third kappa shape index (κ3) is 9.29. The van der Waals surface area contributed by atoms with Gasteiger partial charge in [0.15, 0.2) is 0 Å². The number of alkyl carbamates (subject to hydrolysis) is 1. The number of hydrogen-bond acceptors (Lipinski definition) is 4. The van der Waals surface area contributed by atoms with Crippen LogP contribution < -0.4 is 10.6 Å². The zero-order chi connectivity index (χ0) is 29.3. The molecule has 2 aromatic rings. The molecule has 0 aliphatic rings. The number of halogens is 1. The largest absolute Gasteiger partial charge is 0.444 e. The van der Waals surface area contributed by atoms with Crippen LogP contribution in [0.4, 0.5) is 10.5 Å². The van der Waals surface area contributed by atoms with Gasteiger partial charge in [-0.25, -0.2) is 4.79 Å². The lowest BCUT2D eigenvalue weighted by Gasteiger charge is -2.34. The van der Waals surface area contributed by atoms with E-state index in [4.69, 9.17) is 16.3 Å². The Morgan fingerprint density at radius 3 is 2.33 bits per heavy atom. The predicted octanol–water partition coefficient (Wildman–Crippen LogP) is 6.93. The second-order valence-corrected chi connectivity index (χ2v) is 11.2. The summed E-state index contributed by atoms with van der Waals surface area (Å²) in [7, 11) is 0. The van der Waals surface area contributed by atoms with Crippen molar-refractivity contribution in [2.45, 2.75) is 65.6 Å². The van der Waals surface area contributed by atoms with Crippen LogP contribution in [0.3, 0.4) is 0 Å². The summed E-state index contributed by atoms with van der Waals surface area (Å²) >= 11 is 6.41. The van der Waals surface area contributed by atoms with E-state index in [0.29, 0.717) is 22.7 Å². The molecule has 0 saturated heterocycles. The number of nitrogens with one attached hydrogen (secondary N) is 2. The van der Waals surface area contributed by atoms with Crippen LogP contribution in [0.15, 0.2) is 61.7 Å². The lowest BCUT2D eigenvalue weighted by atomic mass is 9.98. The quantitative estimate of drug-likeness (QED) is 0.295. The van der Waals surface area contributed by atoms with Crippen molar-refractivity contribution in [1.29, 1.82) is 0 Å². The molecule has 0 spiro atoms. The molecule has 2 atom stereocenters. The predicted molar refractivity (Wildman–Crippen MR) is 159 cm³/mol. The molecule has 39 heavy (non-hydrogen) atoms. The van der Waals surface area contributed by atoms with E-state index in [-0.39, 0.29) is 12.5 Å². The lowest BCUT2D eigenvalue weighted by molar-refractivity contribution is -0.140. The minimum absolute atomic E-state index is 0.0569. The summed E-state index contributed by atoms with van der Waals surface area (Å²) in [6.45, 7) is 18.7. The maximum atomic E-state index is 14.1. The molecule has 210 valence electrons. The van der Waals surface area contributed by atoms with E-state index in [9.17, 15) is 14.4 Å². The summed E-state index contributed by atoms with van der Waals surface area (Å²) in [5, 5.41) is 6.03. The summed E-state index contributed by atoms with van der Waals surface area (Å²) in [5.74, 6) is -0.820. The van der Waals surface area contributed by atoms with Crippen molar-refractivity contribution in [2.24, 2.45) is 5.92 Å². The van der Waals surface area contributed by atoms with E-state index < -0.39 is 35.6 Å². The van der Waals surface area contributed by atoms with E-state index in [1.165, 1.54) is 4.90 Å². The van der Waals surface area contributed by atoms with Crippen LogP contribution in [-0.2, 0) is 14.3 Å². The van der Waals surface area contributed by atoms with Crippen molar-refractivity contribution in [3.05, 3.63) is 83.4 Å². The van der Waals surface area contributed by atoms with Crippen LogP contribution in [0.25, 0.3) is 6.08 Å². The van der Waals surface area contributed by atoms with Crippen molar-refractivity contribution in [1.82, 2.24) is 10.2 Å². The number of benzene rings is 2. The number of nitrogens with zero attached hydrogens (tertiary/aromatic N) is 1. The Hall–Kier alpha value is -3.58. The van der Waals surface area contributed by atoms with Gasteiger partial charge < -0.3 is 20.3 Å². The first kappa shape index (κ1) is 31.6. The fraction of sp³-hybridized carbons (Fsp3) is 0.387. The molecule has 8 heteroatoms. The molecule has 2 unspecified atom stereocenters. The highest BCUT2D eigenvalue weighted by Gasteiger charge is 2.36. The van der Waals surface area contributed by atoms with Crippen LogP contribution in [0.5, 0.6) is 0 Å². The standard InChI is InChI=1S/C31H40ClN3O4/c1-9-17-35(29(37)25(18-20(3)4)33-30(38)39-31(6,7)8)27(23-15-12-14-22(10-2)19-23)28(36)34-26-21(5)13-11-16-24(26)32/h9-16,19-20,25,27H,1-2,17-18H2,3-8H3,(H,33,38)(H,34,36). The van der Waals surface area contributed by atoms with Gasteiger partial charge in [-0.1, -0.05) is 74.5 Å². The number of para-hydroxylation sites is 1. The van der Waals surface area contributed by atoms with E-state index in [0.717, 1.165) is 11.1 Å². The number of amides is 3. The molecule has 0 aliphatic carbocycles. The Labute approximate surface area is 237 Å². The maximum absolute atomic E-state index is 14.1. The topological polar surface area (TPSA) is 87.7 Å². The molecule has 0 radical (unpaired) electrons. The number of rotatable bonds is 11. The highest BCUT2D eigenvalue weighted by Crippen LogP contribution is 2.30. The Bertz CT molecular complexity index is 1180. The van der Waals surface area contributed by atoms with Crippen molar-refractivity contribution >= 4 is 41.3 Å². The Kier molecular flexibility index (Phi) is 11.3. The number of aryl methyl sites for hydroxylation is 1. The SMILES string of the molecule is C=CCN(C(=O)C(CC(C)C)NC(=O)OC(C)(C)C)C(C(=O)Nc1c(C)cccc1Cl)c1cccc(C=C)c1. The summed E-state index contributed by atoms with van der Waals surface area (Å²) in [5.41, 5.74) is 1.86. The number of anilines is 1. The van der Waals surface area contributed by atoms with Gasteiger partial charge in [0.05, 0.1) is 10.7 Å². The van der Waals surface area contributed by atoms with Gasteiger partial charge >= 0.3 is 6.09 Å². The normalized spacial score (nSPS) is 12.7. The molecule has 0 aromatic heterocycles. The van der Waals surface area contributed by atoms with E-state index >= 15 is 0 Å². The molecule has 0 fully saturated rings. The van der Waals surface area contributed by atoms with Crippen molar-refractivity contribution in [3.63, 3.8) is 0 Å². The van der Waals surface area contributed by atoms with Crippen LogP contribution in [-0.4, -0.2) is 41.0 Å². The fourth-order valence-electron chi connectivity index (χ4n) is 4.12. The molecular weight excluding hydrogens is 514 g/mol. The summed E-state index contributed by atoms with van der Waals surface area (Å²) in [4.78, 5) is 42.2. The van der Waals surface area contributed by atoms with Gasteiger partial charge in [-0.3, -0.25) is 9.59 Å². The summed E-state index contributed by atoms with van der Waals surface area (Å²) < 4.78 is 5.42. The van der Waals surface area contributed by atoms with Gasteiger partial charge in [0, 0.05) is 6.54 Å². The first-order valence-electron chi connectivity index (χ1n) is 13.0. The second-order valence-electron chi connectivity index (χ2n) is 10.8. The first-order chi connectivity index (χ1) is 18.3. The molecular formula is C31H40ClN3O4. The number of carbonyl (C=O) groups is 3. The third-order valence-corrected chi connectivity index (χ3v) is 6.11. The van der Waals surface area contributed by atoms with Gasteiger partial charge in [-0.15, -0.1) is 6.58 Å². The molecule has 3 amide bonds. The Morgan fingerprint density at radius 2 is 1.77 bits per heavy atom. The molecule has 0 heterocycles. The van der Waals surface area contributed by atoms with Crippen molar-refractivity contribution in [2.75, 3.05) is 11.9 Å². The second kappa shape index (κ2) is 14.0. The molecule has 2 aromatic carbocycles. The minimum Gasteiger partial charge on any atom is -0.444 e. The first-order valence-corrected chi connectivity index (χ1v) is 13.3. The highest BCUT2D eigenvalue weighted by atomic mass is 35.5. The van der Waals surface area contributed by atoms with E-state index in [2.05, 4.69) is 23.8 Å². The Balaban J connectivity index is 2.59. The average molecular weight is 554 g/mol. The van der Waals surface area contributed by atoms with E-state index in [1.807, 2.05) is 32.9 Å². The molecule has 0 aliphatic heterocycles. The van der Waals surface area contributed by atoms with Crippen LogP contribution >= 0.6 is 11.6 Å². The Morgan fingerprint density at radius 1 is 1.10 bits per heavy atom. The monoisotopic (exact) mass is 553 g/mol. The molecule has 0 saturated carbocycles. The summed E-state index contributed by atoms with van der Waals surface area (Å²) in [6.07, 6.45) is 2.86. The van der Waals surface area contributed by atoms with Crippen molar-refractivity contribution in [3.8, 4) is 0 Å². The minimum atomic E-state index is -1.05. The lowest BCUT2D eigenvalue weighted by Crippen LogP contribution is -2.52. The molecule has 2 N–H and O–H groups in total. The van der Waals surface area contributed by atoms with Crippen LogP contribution in [0, 0.1) is 12.8 Å². The maximum Gasteiger partial charge on any atom is 0.408 e. The van der Waals surface area contributed by atoms with Crippen LogP contribution in [0.2, 0.25) is 5.02 Å². The van der Waals surface area contributed by atoms with Gasteiger partial charge in [0.1, 0.15) is 17.7 Å². The molecule has 0 bridgehead atoms. The smallest absolute Gasteiger partial charge is 0.408 e. The number of ether oxygens (including phenoxy) is 1. The number of carbonyl (C=O) groups excluding carboxylic acids is 3. The van der Waals surface area contributed by atoms with Crippen LogP contribution in [0.1, 0.15) is 63.8 Å². The average Bonchev–Trinajstić information content (AvgIpc) is 2.84. The molecule has 2 rings (SSSR count). The van der Waals surface area contributed by atoms with Gasteiger partial charge in [-0.2, -0.15) is 0 Å². The van der Waals surface area contributed by atoms with Gasteiger partial charge in [0.2, 0.25) is 5.91 Å². The molecule has 7 nitrogen and oxygen atoms in total. The van der Waals surface area contributed by atoms with E-state index in [1.54, 1.807) is 63.3 Å². The van der Waals surface area contributed by atoms with Crippen molar-refractivity contribution < 1.29 is 19.1 Å². The van der Waals surface area contributed by atoms with Gasteiger partial charge in [0.25, 0.3) is 5.91 Å². The van der Waals surface area contributed by atoms with Gasteiger partial charge in [-0.05, 0) is 68.9 Å². The zero-order valence-corrected chi connectivity index (χ0v) is 24.5.